The maximum Gasteiger partial charge on any atom is 0.232 e. The summed E-state index contributed by atoms with van der Waals surface area (Å²) in [7, 11) is 0.430. The third-order valence-corrected chi connectivity index (χ3v) is 10.9. The van der Waals surface area contributed by atoms with Crippen molar-refractivity contribution in [2.45, 2.75) is 37.3 Å². The van der Waals surface area contributed by atoms with Crippen LogP contribution in [0.1, 0.15) is 30.7 Å². The summed E-state index contributed by atoms with van der Waals surface area (Å²) in [6, 6.07) is 12.6. The van der Waals surface area contributed by atoms with Gasteiger partial charge < -0.3 is 25.2 Å². The summed E-state index contributed by atoms with van der Waals surface area (Å²) in [6.07, 6.45) is 5.95. The molecule has 7 rings (SSSR count). The van der Waals surface area contributed by atoms with Gasteiger partial charge in [0, 0.05) is 63.0 Å². The second-order valence-electron chi connectivity index (χ2n) is 12.3. The highest BCUT2D eigenvalue weighted by atomic mass is 35.5. The van der Waals surface area contributed by atoms with E-state index in [1.165, 1.54) is 16.8 Å². The zero-order chi connectivity index (χ0) is 30.6. The molecule has 2 aromatic carbocycles. The molecule has 2 saturated heterocycles. The van der Waals surface area contributed by atoms with Crippen molar-refractivity contribution in [3.63, 3.8) is 0 Å². The largest absolute Gasteiger partial charge is 0.494 e. The lowest BCUT2D eigenvalue weighted by Crippen LogP contribution is -2.52. The number of hydrogen-bond acceptors (Lipinski definition) is 10. The van der Waals surface area contributed by atoms with Gasteiger partial charge in [-0.1, -0.05) is 23.7 Å². The Morgan fingerprint density at radius 1 is 1.00 bits per heavy atom. The van der Waals surface area contributed by atoms with Crippen molar-refractivity contribution in [1.82, 2.24) is 19.8 Å². The number of nitrogens with one attached hydrogen (secondary N) is 2. The van der Waals surface area contributed by atoms with Gasteiger partial charge in [0.15, 0.2) is 5.82 Å². The van der Waals surface area contributed by atoms with E-state index in [0.29, 0.717) is 40.0 Å². The molecular formula is C31H39ClN8O3S. The number of hydrogen-bond donors (Lipinski definition) is 2. The minimum Gasteiger partial charge on any atom is -0.494 e. The van der Waals surface area contributed by atoms with E-state index >= 15 is 0 Å². The van der Waals surface area contributed by atoms with Crippen molar-refractivity contribution in [3.8, 4) is 5.75 Å². The van der Waals surface area contributed by atoms with E-state index < -0.39 is 10.0 Å². The molecule has 1 aromatic heterocycles. The smallest absolute Gasteiger partial charge is 0.232 e. The second-order valence-corrected chi connectivity index (χ2v) is 14.6. The zero-order valence-electron chi connectivity index (χ0n) is 25.3. The van der Waals surface area contributed by atoms with Gasteiger partial charge in [-0.05, 0) is 50.1 Å². The molecule has 13 heteroatoms. The van der Waals surface area contributed by atoms with E-state index in [-0.39, 0.29) is 12.0 Å². The van der Waals surface area contributed by atoms with Crippen molar-refractivity contribution in [1.29, 1.82) is 0 Å². The summed E-state index contributed by atoms with van der Waals surface area (Å²) in [5.74, 6) is 1.65. The van der Waals surface area contributed by atoms with Crippen molar-refractivity contribution in [3.05, 3.63) is 53.2 Å². The Morgan fingerprint density at radius 3 is 2.50 bits per heavy atom. The van der Waals surface area contributed by atoms with Gasteiger partial charge in [-0.2, -0.15) is 4.98 Å². The number of fused-ring (bicyclic) bond motifs is 3. The highest BCUT2D eigenvalue weighted by Gasteiger charge is 2.54. The van der Waals surface area contributed by atoms with Crippen molar-refractivity contribution in [2.24, 2.45) is 0 Å². The van der Waals surface area contributed by atoms with Gasteiger partial charge in [0.1, 0.15) is 10.8 Å². The van der Waals surface area contributed by atoms with E-state index in [2.05, 4.69) is 54.5 Å². The third-order valence-electron chi connectivity index (χ3n) is 9.42. The molecule has 0 radical (unpaired) electrons. The highest BCUT2D eigenvalue weighted by molar-refractivity contribution is 7.92. The van der Waals surface area contributed by atoms with Crippen LogP contribution in [0.4, 0.5) is 34.5 Å². The molecule has 0 amide bonds. The topological polar surface area (TPSA) is 106 Å². The van der Waals surface area contributed by atoms with Crippen LogP contribution in [0.15, 0.2) is 42.6 Å². The maximum atomic E-state index is 12.7. The average molecular weight is 639 g/mol. The SMILES string of the molecule is COc1cc(N2CCC(N3CCN(C)CC3)CC2)ccc1Nc1ncc(Cl)c(Nc2cccc3c2N(S(C)(=O)=O)C2CC32)n1. The molecule has 3 aliphatic heterocycles. The number of ether oxygens (including phenoxy) is 1. The fourth-order valence-corrected chi connectivity index (χ4v) is 8.38. The van der Waals surface area contributed by atoms with Gasteiger partial charge in [-0.25, -0.2) is 13.4 Å². The van der Waals surface area contributed by atoms with Crippen LogP contribution >= 0.6 is 11.6 Å². The minimum atomic E-state index is -3.43. The summed E-state index contributed by atoms with van der Waals surface area (Å²) >= 11 is 6.51. The van der Waals surface area contributed by atoms with Gasteiger partial charge in [-0.3, -0.25) is 9.21 Å². The first kappa shape index (κ1) is 29.4. The van der Waals surface area contributed by atoms with Crippen molar-refractivity contribution in [2.75, 3.05) is 79.5 Å². The van der Waals surface area contributed by atoms with Crippen LogP contribution in [-0.2, 0) is 10.0 Å². The molecule has 4 heterocycles. The molecule has 1 saturated carbocycles. The number of halogens is 1. The maximum absolute atomic E-state index is 12.7. The number of methoxy groups -OCH3 is 1. The highest BCUT2D eigenvalue weighted by Crippen LogP contribution is 2.59. The number of likely N-dealkylation sites (N-methyl/N-ethyl adjacent to an activating group) is 1. The minimum absolute atomic E-state index is 0.0141. The first-order valence-corrected chi connectivity index (χ1v) is 17.5. The molecule has 3 aromatic rings. The lowest BCUT2D eigenvalue weighted by atomic mass is 10.0. The number of anilines is 6. The normalized spacial score (nSPS) is 22.5. The Kier molecular flexibility index (Phi) is 7.72. The van der Waals surface area contributed by atoms with Crippen LogP contribution in [0.5, 0.6) is 5.75 Å². The molecule has 4 aliphatic rings. The Hall–Kier alpha value is -3.32. The average Bonchev–Trinajstić information content (AvgIpc) is 3.72. The molecule has 1 aliphatic carbocycles. The summed E-state index contributed by atoms with van der Waals surface area (Å²) in [5.41, 5.74) is 4.22. The molecule has 11 nitrogen and oxygen atoms in total. The second kappa shape index (κ2) is 11.6. The van der Waals surface area contributed by atoms with E-state index in [1.807, 2.05) is 24.3 Å². The quantitative estimate of drug-likeness (QED) is 0.367. The number of rotatable bonds is 8. The summed E-state index contributed by atoms with van der Waals surface area (Å²) < 4.78 is 32.6. The molecule has 0 bridgehead atoms. The lowest BCUT2D eigenvalue weighted by molar-refractivity contribution is 0.0982. The molecule has 2 atom stereocenters. The van der Waals surface area contributed by atoms with Gasteiger partial charge in [0.25, 0.3) is 0 Å². The summed E-state index contributed by atoms with van der Waals surface area (Å²) in [5, 5.41) is 6.88. The van der Waals surface area contributed by atoms with E-state index in [9.17, 15) is 8.42 Å². The molecule has 3 fully saturated rings. The number of piperidine rings is 1. The van der Waals surface area contributed by atoms with Crippen molar-refractivity contribution >= 4 is 56.1 Å². The Balaban J connectivity index is 1.06. The van der Waals surface area contributed by atoms with Gasteiger partial charge in [0.05, 0.1) is 42.7 Å². The monoisotopic (exact) mass is 638 g/mol. The van der Waals surface area contributed by atoms with Crippen LogP contribution < -0.4 is 24.6 Å². The molecule has 44 heavy (non-hydrogen) atoms. The fraction of sp³-hybridized carbons (Fsp3) is 0.484. The first-order chi connectivity index (χ1) is 21.2. The van der Waals surface area contributed by atoms with Crippen LogP contribution in [0.2, 0.25) is 5.02 Å². The van der Waals surface area contributed by atoms with E-state index in [4.69, 9.17) is 16.3 Å². The van der Waals surface area contributed by atoms with E-state index in [0.717, 1.165) is 75.5 Å². The van der Waals surface area contributed by atoms with Gasteiger partial charge >= 0.3 is 0 Å². The molecule has 0 spiro atoms. The number of aromatic nitrogens is 2. The number of piperazine rings is 1. The molecule has 234 valence electrons. The first-order valence-electron chi connectivity index (χ1n) is 15.2. The summed E-state index contributed by atoms with van der Waals surface area (Å²) in [6.45, 7) is 6.66. The fourth-order valence-electron chi connectivity index (χ4n) is 6.98. The number of sulfonamides is 1. The van der Waals surface area contributed by atoms with Crippen LogP contribution in [0.3, 0.4) is 0 Å². The Bertz CT molecular complexity index is 1660. The van der Waals surface area contributed by atoms with Gasteiger partial charge in [0.2, 0.25) is 16.0 Å². The predicted molar refractivity (Wildman–Crippen MR) is 176 cm³/mol. The predicted octanol–water partition coefficient (Wildman–Crippen LogP) is 4.48. The van der Waals surface area contributed by atoms with Crippen LogP contribution in [0.25, 0.3) is 0 Å². The number of para-hydroxylation sites is 1. The van der Waals surface area contributed by atoms with Crippen molar-refractivity contribution < 1.29 is 13.2 Å². The molecule has 2 unspecified atom stereocenters. The van der Waals surface area contributed by atoms with Gasteiger partial charge in [-0.15, -0.1) is 0 Å². The standard InChI is InChI=1S/C31H39ClN8O3S/c1-37-13-15-39(16-14-37)20-9-11-38(12-10-20)21-7-8-25(28(17-21)43-2)35-31-33-19-24(32)30(36-31)34-26-6-4-5-22-23-18-27(23)40(29(22)26)44(3,41)42/h4-8,17,19-20,23,27H,9-16,18H2,1-3H3,(H2,33,34,35,36). The molecule has 2 N–H and O–H groups in total. The number of benzene rings is 2. The lowest BCUT2D eigenvalue weighted by Gasteiger charge is -2.42. The van der Waals surface area contributed by atoms with E-state index in [1.54, 1.807) is 7.11 Å². The Morgan fingerprint density at radius 2 is 1.77 bits per heavy atom. The zero-order valence-corrected chi connectivity index (χ0v) is 26.9. The third kappa shape index (κ3) is 5.64. The van der Waals surface area contributed by atoms with Crippen LogP contribution in [-0.4, -0.2) is 100.0 Å². The molecular weight excluding hydrogens is 600 g/mol. The number of nitrogens with zero attached hydrogens (tertiary/aromatic N) is 6. The van der Waals surface area contributed by atoms with Crippen LogP contribution in [0, 0.1) is 0 Å². The Labute approximate surface area is 264 Å². The summed E-state index contributed by atoms with van der Waals surface area (Å²) in [4.78, 5) is 16.5.